The smallest absolute Gasteiger partial charge is 0.150 e. The molecule has 0 unspecified atom stereocenters. The highest BCUT2D eigenvalue weighted by Crippen LogP contribution is 2.41. The zero-order chi connectivity index (χ0) is 33.9. The number of methoxy groups -OCH3 is 1. The quantitative estimate of drug-likeness (QED) is 0.146. The number of benzene rings is 8. The molecule has 0 radical (unpaired) electrons. The van der Waals surface area contributed by atoms with Crippen molar-refractivity contribution in [3.05, 3.63) is 188 Å². The Labute approximate surface area is 292 Å². The summed E-state index contributed by atoms with van der Waals surface area (Å²) in [5.41, 5.74) is 8.98. The molecule has 4 heteroatoms. The Morgan fingerprint density at radius 3 is 1.34 bits per heavy atom. The number of hydrogen-bond acceptors (Lipinski definition) is 4. The zero-order valence-corrected chi connectivity index (χ0v) is 27.6. The van der Waals surface area contributed by atoms with Gasteiger partial charge >= 0.3 is 0 Å². The Bertz CT molecular complexity index is 2420. The first kappa shape index (κ1) is 30.7. The molecule has 0 N–H and O–H groups in total. The van der Waals surface area contributed by atoms with Gasteiger partial charge in [0.05, 0.1) is 12.8 Å². The molecule has 50 heavy (non-hydrogen) atoms. The number of ether oxygens (including phenoxy) is 1. The van der Waals surface area contributed by atoms with E-state index in [0.717, 1.165) is 78.8 Å². The van der Waals surface area contributed by atoms with Crippen molar-refractivity contribution in [2.75, 3.05) is 16.9 Å². The summed E-state index contributed by atoms with van der Waals surface area (Å²) in [6, 6.07) is 62.7. The van der Waals surface area contributed by atoms with Crippen molar-refractivity contribution >= 4 is 62.0 Å². The van der Waals surface area contributed by atoms with Crippen LogP contribution >= 0.6 is 0 Å². The highest BCUT2D eigenvalue weighted by Gasteiger charge is 2.17. The van der Waals surface area contributed by atoms with E-state index >= 15 is 0 Å². The normalized spacial score (nSPS) is 11.0. The van der Waals surface area contributed by atoms with Gasteiger partial charge in [0.15, 0.2) is 6.29 Å². The summed E-state index contributed by atoms with van der Waals surface area (Å²) in [5, 5.41) is 4.18. The summed E-state index contributed by atoms with van der Waals surface area (Å²) in [4.78, 5) is 16.6. The zero-order valence-electron chi connectivity index (χ0n) is 27.6. The number of carbonyl (C=O) groups is 1. The number of rotatable bonds is 9. The lowest BCUT2D eigenvalue weighted by Gasteiger charge is -2.27. The predicted octanol–water partition coefficient (Wildman–Crippen LogP) is 12.4. The van der Waals surface area contributed by atoms with Gasteiger partial charge in [-0.05, 0) is 94.0 Å². The minimum Gasteiger partial charge on any atom is -0.496 e. The summed E-state index contributed by atoms with van der Waals surface area (Å²) in [6.45, 7) is 0. The topological polar surface area (TPSA) is 32.8 Å². The first-order valence-corrected chi connectivity index (χ1v) is 16.7. The average Bonchev–Trinajstić information content (AvgIpc) is 3.19. The molecule has 0 aliphatic carbocycles. The van der Waals surface area contributed by atoms with Crippen LogP contribution in [0.25, 0.3) is 32.7 Å². The van der Waals surface area contributed by atoms with E-state index in [-0.39, 0.29) is 0 Å². The molecule has 0 heterocycles. The molecule has 4 nitrogen and oxygen atoms in total. The molecular formula is C46H34N2O2. The largest absolute Gasteiger partial charge is 0.496 e. The van der Waals surface area contributed by atoms with Crippen molar-refractivity contribution in [1.82, 2.24) is 0 Å². The molecule has 240 valence electrons. The second-order valence-corrected chi connectivity index (χ2v) is 12.2. The third-order valence-electron chi connectivity index (χ3n) is 9.16. The Balaban J connectivity index is 1.15. The van der Waals surface area contributed by atoms with Crippen LogP contribution in [0.4, 0.5) is 34.1 Å². The molecule has 0 bridgehead atoms. The van der Waals surface area contributed by atoms with Crippen molar-refractivity contribution < 1.29 is 9.53 Å². The van der Waals surface area contributed by atoms with E-state index in [9.17, 15) is 4.79 Å². The van der Waals surface area contributed by atoms with Gasteiger partial charge in [-0.25, -0.2) is 0 Å². The lowest BCUT2D eigenvalue weighted by molar-refractivity contribution is 0.112. The molecule has 0 aliphatic rings. The van der Waals surface area contributed by atoms with Gasteiger partial charge in [0.2, 0.25) is 0 Å². The number of fused-ring (bicyclic) bond motifs is 2. The van der Waals surface area contributed by atoms with Crippen molar-refractivity contribution in [3.63, 3.8) is 0 Å². The standard InChI is InChI=1S/C46H34N2O2/c1-50-46-31-43(29-36-13-9-11-19-45(36)46)48(39-16-6-3-7-17-39)41-26-22-34(23-27-41)33-20-24-40(25-21-33)47(38-14-4-2-5-15-38)42-28-35-12-8-10-18-44(35)37(30-42)32-49/h2-32H,1H3. The lowest BCUT2D eigenvalue weighted by atomic mass is 10.0. The number of para-hydroxylation sites is 2. The van der Waals surface area contributed by atoms with Crippen LogP contribution in [0.5, 0.6) is 5.75 Å². The van der Waals surface area contributed by atoms with Gasteiger partial charge in [0.25, 0.3) is 0 Å². The Kier molecular flexibility index (Phi) is 8.26. The first-order valence-electron chi connectivity index (χ1n) is 16.7. The molecular weight excluding hydrogens is 613 g/mol. The summed E-state index contributed by atoms with van der Waals surface area (Å²) in [5.74, 6) is 0.839. The summed E-state index contributed by atoms with van der Waals surface area (Å²) >= 11 is 0. The Hall–Kier alpha value is -6.65. The van der Waals surface area contributed by atoms with Crippen molar-refractivity contribution in [2.24, 2.45) is 0 Å². The first-order chi connectivity index (χ1) is 24.7. The summed E-state index contributed by atoms with van der Waals surface area (Å²) in [6.07, 6.45) is 0.942. The van der Waals surface area contributed by atoms with E-state index < -0.39 is 0 Å². The molecule has 0 spiro atoms. The maximum atomic E-state index is 12.2. The fourth-order valence-electron chi connectivity index (χ4n) is 6.76. The van der Waals surface area contributed by atoms with Gasteiger partial charge in [0, 0.05) is 45.5 Å². The van der Waals surface area contributed by atoms with Crippen LogP contribution in [0.2, 0.25) is 0 Å². The Morgan fingerprint density at radius 2 is 0.840 bits per heavy atom. The fourth-order valence-corrected chi connectivity index (χ4v) is 6.76. The van der Waals surface area contributed by atoms with Gasteiger partial charge in [0.1, 0.15) is 5.75 Å². The molecule has 0 fully saturated rings. The SMILES string of the molecule is COc1cc(N(c2ccccc2)c2ccc(-c3ccc(N(c4ccccc4)c4cc(C=O)c5ccccc5c4)cc3)cc2)cc2ccccc12. The van der Waals surface area contributed by atoms with Crippen LogP contribution < -0.4 is 14.5 Å². The minimum absolute atomic E-state index is 0.669. The van der Waals surface area contributed by atoms with E-state index in [4.69, 9.17) is 4.74 Å². The molecule has 0 atom stereocenters. The second kappa shape index (κ2) is 13.5. The van der Waals surface area contributed by atoms with E-state index in [1.54, 1.807) is 7.11 Å². The van der Waals surface area contributed by atoms with Crippen LogP contribution in [-0.2, 0) is 0 Å². The van der Waals surface area contributed by atoms with Gasteiger partial charge in [-0.15, -0.1) is 0 Å². The number of aldehydes is 1. The molecule has 0 saturated carbocycles. The Morgan fingerprint density at radius 1 is 0.420 bits per heavy atom. The summed E-state index contributed by atoms with van der Waals surface area (Å²) < 4.78 is 5.83. The van der Waals surface area contributed by atoms with Gasteiger partial charge < -0.3 is 14.5 Å². The van der Waals surface area contributed by atoms with E-state index in [1.165, 1.54) is 0 Å². The van der Waals surface area contributed by atoms with Gasteiger partial charge in [-0.1, -0.05) is 109 Å². The van der Waals surface area contributed by atoms with Gasteiger partial charge in [-0.3, -0.25) is 4.79 Å². The maximum absolute atomic E-state index is 12.2. The van der Waals surface area contributed by atoms with Crippen LogP contribution in [0.1, 0.15) is 10.4 Å². The van der Waals surface area contributed by atoms with Crippen LogP contribution in [0.15, 0.2) is 182 Å². The van der Waals surface area contributed by atoms with Gasteiger partial charge in [-0.2, -0.15) is 0 Å². The molecule has 0 aliphatic heterocycles. The molecule has 8 aromatic carbocycles. The third-order valence-corrected chi connectivity index (χ3v) is 9.16. The van der Waals surface area contributed by atoms with Crippen LogP contribution in [-0.4, -0.2) is 13.4 Å². The molecule has 8 aromatic rings. The highest BCUT2D eigenvalue weighted by molar-refractivity contribution is 6.01. The number of anilines is 6. The van der Waals surface area contributed by atoms with Crippen LogP contribution in [0.3, 0.4) is 0 Å². The van der Waals surface area contributed by atoms with Crippen molar-refractivity contribution in [2.45, 2.75) is 0 Å². The van der Waals surface area contributed by atoms with Crippen LogP contribution in [0, 0.1) is 0 Å². The van der Waals surface area contributed by atoms with Crippen molar-refractivity contribution in [1.29, 1.82) is 0 Å². The molecule has 0 aromatic heterocycles. The predicted molar refractivity (Wildman–Crippen MR) is 208 cm³/mol. The molecule has 8 rings (SSSR count). The number of carbonyl (C=O) groups excluding carboxylic acids is 1. The molecule has 0 saturated heterocycles. The van der Waals surface area contributed by atoms with E-state index in [1.807, 2.05) is 54.6 Å². The number of nitrogens with zero attached hydrogens (tertiary/aromatic N) is 2. The molecule has 0 amide bonds. The average molecular weight is 647 g/mol. The van der Waals surface area contributed by atoms with Crippen molar-refractivity contribution in [3.8, 4) is 16.9 Å². The third kappa shape index (κ3) is 5.84. The number of hydrogen-bond donors (Lipinski definition) is 0. The lowest BCUT2D eigenvalue weighted by Crippen LogP contribution is -2.10. The second-order valence-electron chi connectivity index (χ2n) is 12.2. The monoisotopic (exact) mass is 646 g/mol. The van der Waals surface area contributed by atoms with E-state index in [0.29, 0.717) is 5.56 Å². The maximum Gasteiger partial charge on any atom is 0.150 e. The minimum atomic E-state index is 0.669. The van der Waals surface area contributed by atoms with E-state index in [2.05, 4.69) is 137 Å². The summed E-state index contributed by atoms with van der Waals surface area (Å²) in [7, 11) is 1.72. The fraction of sp³-hybridized carbons (Fsp3) is 0.0217. The highest BCUT2D eigenvalue weighted by atomic mass is 16.5.